The summed E-state index contributed by atoms with van der Waals surface area (Å²) in [4.78, 5) is 14.2. The van der Waals surface area contributed by atoms with E-state index in [-0.39, 0.29) is 11.8 Å². The van der Waals surface area contributed by atoms with Gasteiger partial charge in [0.2, 0.25) is 0 Å². The number of carbonyl (C=O) groups excluding carboxylic acids is 1. The maximum absolute atomic E-state index is 12.6. The average Bonchev–Trinajstić information content (AvgIpc) is 2.53. The van der Waals surface area contributed by atoms with Crippen LogP contribution in [0.5, 0.6) is 11.5 Å². The smallest absolute Gasteiger partial charge is 0.254 e. The Balaban J connectivity index is 3.12. The first-order chi connectivity index (χ1) is 10.5. The van der Waals surface area contributed by atoms with Crippen LogP contribution in [-0.2, 0) is 0 Å². The summed E-state index contributed by atoms with van der Waals surface area (Å²) in [5.41, 5.74) is 0.414. The highest BCUT2D eigenvalue weighted by Crippen LogP contribution is 2.36. The Kier molecular flexibility index (Phi) is 7.00. The van der Waals surface area contributed by atoms with Gasteiger partial charge in [-0.2, -0.15) is 5.26 Å². The first kappa shape index (κ1) is 18.1. The van der Waals surface area contributed by atoms with Crippen LogP contribution >= 0.6 is 11.6 Å². The molecular formula is C16H21ClN2O3. The molecule has 0 saturated heterocycles. The fourth-order valence-electron chi connectivity index (χ4n) is 2.04. The molecule has 120 valence electrons. The van der Waals surface area contributed by atoms with E-state index in [2.05, 4.69) is 6.07 Å². The lowest BCUT2D eigenvalue weighted by Crippen LogP contribution is -2.34. The highest BCUT2D eigenvalue weighted by molar-refractivity contribution is 6.32. The van der Waals surface area contributed by atoms with Crippen molar-refractivity contribution in [2.75, 3.05) is 26.8 Å². The molecule has 0 aliphatic carbocycles. The van der Waals surface area contributed by atoms with Crippen LogP contribution < -0.4 is 9.47 Å². The molecule has 0 fully saturated rings. The first-order valence-electron chi connectivity index (χ1n) is 7.17. The highest BCUT2D eigenvalue weighted by Gasteiger charge is 2.20. The third kappa shape index (κ3) is 4.28. The van der Waals surface area contributed by atoms with Crippen LogP contribution in [0.4, 0.5) is 0 Å². The molecule has 0 N–H and O–H groups in total. The minimum atomic E-state index is -0.232. The number of nitriles is 1. The molecular weight excluding hydrogens is 304 g/mol. The minimum absolute atomic E-state index is 0.187. The van der Waals surface area contributed by atoms with Crippen molar-refractivity contribution in [2.45, 2.75) is 20.8 Å². The maximum atomic E-state index is 12.6. The number of rotatable bonds is 7. The van der Waals surface area contributed by atoms with E-state index in [0.29, 0.717) is 41.8 Å². The van der Waals surface area contributed by atoms with E-state index in [1.807, 2.05) is 13.8 Å². The molecule has 1 aromatic carbocycles. The molecule has 0 saturated carbocycles. The van der Waals surface area contributed by atoms with Gasteiger partial charge in [-0.05, 0) is 32.9 Å². The van der Waals surface area contributed by atoms with E-state index in [4.69, 9.17) is 26.3 Å². The van der Waals surface area contributed by atoms with E-state index in [1.165, 1.54) is 7.11 Å². The molecule has 5 nitrogen and oxygen atoms in total. The largest absolute Gasteiger partial charge is 0.493 e. The predicted octanol–water partition coefficient (Wildman–Crippen LogP) is 3.37. The van der Waals surface area contributed by atoms with Crippen LogP contribution in [0.25, 0.3) is 0 Å². The Morgan fingerprint density at radius 1 is 1.45 bits per heavy atom. The normalized spacial score (nSPS) is 11.5. The molecule has 1 aromatic rings. The summed E-state index contributed by atoms with van der Waals surface area (Å²) in [6.07, 6.45) is 0. The summed E-state index contributed by atoms with van der Waals surface area (Å²) in [7, 11) is 1.50. The quantitative estimate of drug-likeness (QED) is 0.771. The van der Waals surface area contributed by atoms with Crippen molar-refractivity contribution < 1.29 is 14.3 Å². The molecule has 1 unspecified atom stereocenters. The van der Waals surface area contributed by atoms with Crippen molar-refractivity contribution in [1.29, 1.82) is 5.26 Å². The molecule has 1 atom stereocenters. The summed E-state index contributed by atoms with van der Waals surface area (Å²) in [6.45, 7) is 6.83. The van der Waals surface area contributed by atoms with Crippen LogP contribution in [0, 0.1) is 17.2 Å². The monoisotopic (exact) mass is 324 g/mol. The second-order valence-corrected chi connectivity index (χ2v) is 5.20. The van der Waals surface area contributed by atoms with Gasteiger partial charge in [0.15, 0.2) is 11.5 Å². The van der Waals surface area contributed by atoms with Gasteiger partial charge >= 0.3 is 0 Å². The van der Waals surface area contributed by atoms with Gasteiger partial charge in [0.05, 0.1) is 30.7 Å². The summed E-state index contributed by atoms with van der Waals surface area (Å²) < 4.78 is 10.7. The van der Waals surface area contributed by atoms with Crippen LogP contribution in [-0.4, -0.2) is 37.6 Å². The van der Waals surface area contributed by atoms with Crippen molar-refractivity contribution in [3.05, 3.63) is 22.7 Å². The fourth-order valence-corrected chi connectivity index (χ4v) is 2.30. The predicted molar refractivity (Wildman–Crippen MR) is 85.5 cm³/mol. The molecule has 0 aromatic heterocycles. The van der Waals surface area contributed by atoms with Gasteiger partial charge in [-0.3, -0.25) is 4.79 Å². The lowest BCUT2D eigenvalue weighted by Gasteiger charge is -2.22. The summed E-state index contributed by atoms with van der Waals surface area (Å²) in [5, 5.41) is 9.24. The molecule has 22 heavy (non-hydrogen) atoms. The second kappa shape index (κ2) is 8.50. The minimum Gasteiger partial charge on any atom is -0.493 e. The van der Waals surface area contributed by atoms with E-state index in [9.17, 15) is 4.79 Å². The number of hydrogen-bond acceptors (Lipinski definition) is 4. The Hall–Kier alpha value is -1.93. The number of halogens is 1. The topological polar surface area (TPSA) is 62.6 Å². The first-order valence-corrected chi connectivity index (χ1v) is 7.55. The number of benzene rings is 1. The Morgan fingerprint density at radius 2 is 2.14 bits per heavy atom. The van der Waals surface area contributed by atoms with Gasteiger partial charge in [0, 0.05) is 18.7 Å². The SMILES string of the molecule is CCOc1c(Cl)cc(C(=O)N(CC)CC(C)C#N)cc1OC. The molecule has 0 heterocycles. The summed E-state index contributed by atoms with van der Waals surface area (Å²) in [6, 6.07) is 5.31. The van der Waals surface area contributed by atoms with Crippen LogP contribution in [0.2, 0.25) is 5.02 Å². The standard InChI is InChI=1S/C16H21ClN2O3/c1-5-19(10-11(3)9-18)16(20)12-7-13(17)15(22-6-2)14(8-12)21-4/h7-8,11H,5-6,10H2,1-4H3. The highest BCUT2D eigenvalue weighted by atomic mass is 35.5. The molecule has 1 amide bonds. The van der Waals surface area contributed by atoms with Crippen molar-refractivity contribution in [1.82, 2.24) is 4.90 Å². The zero-order chi connectivity index (χ0) is 16.7. The number of ether oxygens (including phenoxy) is 2. The van der Waals surface area contributed by atoms with Gasteiger partial charge < -0.3 is 14.4 Å². The maximum Gasteiger partial charge on any atom is 0.254 e. The van der Waals surface area contributed by atoms with Gasteiger partial charge in [0.25, 0.3) is 5.91 Å². The second-order valence-electron chi connectivity index (χ2n) is 4.80. The third-order valence-electron chi connectivity index (χ3n) is 3.15. The van der Waals surface area contributed by atoms with Gasteiger partial charge in [0.1, 0.15) is 0 Å². The Morgan fingerprint density at radius 3 is 2.64 bits per heavy atom. The molecule has 0 radical (unpaired) electrons. The van der Waals surface area contributed by atoms with Crippen molar-refractivity contribution >= 4 is 17.5 Å². The van der Waals surface area contributed by atoms with Crippen LogP contribution in [0.15, 0.2) is 12.1 Å². The van der Waals surface area contributed by atoms with Crippen LogP contribution in [0.3, 0.4) is 0 Å². The van der Waals surface area contributed by atoms with Gasteiger partial charge in [-0.1, -0.05) is 11.6 Å². The fraction of sp³-hybridized carbons (Fsp3) is 0.500. The zero-order valence-corrected chi connectivity index (χ0v) is 14.1. The molecule has 6 heteroatoms. The van der Waals surface area contributed by atoms with E-state index >= 15 is 0 Å². The molecule has 0 bridgehead atoms. The molecule has 0 aliphatic heterocycles. The van der Waals surface area contributed by atoms with E-state index in [1.54, 1.807) is 24.0 Å². The van der Waals surface area contributed by atoms with E-state index < -0.39 is 0 Å². The van der Waals surface area contributed by atoms with Crippen molar-refractivity contribution in [3.8, 4) is 17.6 Å². The number of nitrogens with zero attached hydrogens (tertiary/aromatic N) is 2. The number of hydrogen-bond donors (Lipinski definition) is 0. The van der Waals surface area contributed by atoms with E-state index in [0.717, 1.165) is 0 Å². The molecule has 0 aliphatic rings. The van der Waals surface area contributed by atoms with Crippen LogP contribution in [0.1, 0.15) is 31.1 Å². The van der Waals surface area contributed by atoms with Gasteiger partial charge in [-0.25, -0.2) is 0 Å². The summed E-state index contributed by atoms with van der Waals surface area (Å²) >= 11 is 6.19. The van der Waals surface area contributed by atoms with Gasteiger partial charge in [-0.15, -0.1) is 0 Å². The number of carbonyl (C=O) groups is 1. The Bertz CT molecular complexity index is 569. The number of amides is 1. The third-order valence-corrected chi connectivity index (χ3v) is 3.43. The zero-order valence-electron chi connectivity index (χ0n) is 13.4. The summed E-state index contributed by atoms with van der Waals surface area (Å²) in [5.74, 6) is 0.426. The lowest BCUT2D eigenvalue weighted by atomic mass is 10.1. The molecule has 0 spiro atoms. The molecule has 1 rings (SSSR count). The Labute approximate surface area is 136 Å². The average molecular weight is 325 g/mol. The van der Waals surface area contributed by atoms with Crippen molar-refractivity contribution in [2.24, 2.45) is 5.92 Å². The lowest BCUT2D eigenvalue weighted by molar-refractivity contribution is 0.0752. The van der Waals surface area contributed by atoms with Crippen molar-refractivity contribution in [3.63, 3.8) is 0 Å². The number of methoxy groups -OCH3 is 1.